The second-order valence-corrected chi connectivity index (χ2v) is 7.41. The maximum atomic E-state index is 13.2. The Morgan fingerprint density at radius 3 is 2.60 bits per heavy atom. The lowest BCUT2D eigenvalue weighted by molar-refractivity contribution is -0.138. The summed E-state index contributed by atoms with van der Waals surface area (Å²) in [7, 11) is 0. The lowest BCUT2D eigenvalue weighted by atomic mass is 10.0. The number of halogens is 3. The maximum Gasteiger partial charge on any atom is 0.419 e. The van der Waals surface area contributed by atoms with E-state index in [4.69, 9.17) is 4.74 Å². The molecule has 1 aromatic heterocycles. The first-order valence-electron chi connectivity index (χ1n) is 8.27. The predicted molar refractivity (Wildman–Crippen MR) is 86.5 cm³/mol. The van der Waals surface area contributed by atoms with E-state index in [9.17, 15) is 18.4 Å². The summed E-state index contributed by atoms with van der Waals surface area (Å²) < 4.78 is 45.0. The summed E-state index contributed by atoms with van der Waals surface area (Å²) in [5, 5.41) is 9.29. The van der Waals surface area contributed by atoms with Gasteiger partial charge in [-0.05, 0) is 20.8 Å². The summed E-state index contributed by atoms with van der Waals surface area (Å²) in [6, 6.07) is 1.77. The molecule has 25 heavy (non-hydrogen) atoms. The summed E-state index contributed by atoms with van der Waals surface area (Å²) in [6.45, 7) is 8.91. The third-order valence-electron chi connectivity index (χ3n) is 4.83. The molecule has 0 spiro atoms. The van der Waals surface area contributed by atoms with Gasteiger partial charge in [0.25, 0.3) is 0 Å². The zero-order valence-electron chi connectivity index (χ0n) is 14.5. The van der Waals surface area contributed by atoms with Gasteiger partial charge in [-0.2, -0.15) is 18.4 Å². The highest BCUT2D eigenvalue weighted by Gasteiger charge is 2.40. The monoisotopic (exact) mass is 354 g/mol. The molecule has 0 saturated carbocycles. The Morgan fingerprint density at radius 1 is 1.28 bits per heavy atom. The minimum atomic E-state index is -4.63. The van der Waals surface area contributed by atoms with Crippen molar-refractivity contribution in [3.8, 4) is 11.8 Å². The lowest BCUT2D eigenvalue weighted by Gasteiger charge is -2.46. The zero-order valence-corrected chi connectivity index (χ0v) is 14.5. The molecule has 2 aliphatic rings. The standard InChI is InChI=1S/C17H21F3N4O/c1-16(2,3)23-5-6-24-11(10-23)4-7-25-14-12(8-21)13(17(18,19)20)9-22-15(14)24/h9,11H,4-7,10H2,1-3H3/t11-/m0/s1. The van der Waals surface area contributed by atoms with E-state index in [1.807, 2.05) is 4.90 Å². The highest BCUT2D eigenvalue weighted by atomic mass is 19.4. The summed E-state index contributed by atoms with van der Waals surface area (Å²) in [6.07, 6.45) is -3.21. The molecule has 3 rings (SSSR count). The van der Waals surface area contributed by atoms with E-state index in [1.165, 1.54) is 0 Å². The van der Waals surface area contributed by atoms with Crippen molar-refractivity contribution >= 4 is 5.82 Å². The van der Waals surface area contributed by atoms with Gasteiger partial charge in [0.05, 0.1) is 12.2 Å². The largest absolute Gasteiger partial charge is 0.488 e. The van der Waals surface area contributed by atoms with Crippen LogP contribution in [0.2, 0.25) is 0 Å². The van der Waals surface area contributed by atoms with Crippen LogP contribution in [0.3, 0.4) is 0 Å². The summed E-state index contributed by atoms with van der Waals surface area (Å²) >= 11 is 0. The SMILES string of the molecule is CC(C)(C)N1CCN2c3ncc(C(F)(F)F)c(C#N)c3OCC[C@H]2C1. The van der Waals surface area contributed by atoms with Gasteiger partial charge in [0.15, 0.2) is 11.6 Å². The molecule has 1 atom stereocenters. The molecular weight excluding hydrogens is 333 g/mol. The van der Waals surface area contributed by atoms with Gasteiger partial charge in [0, 0.05) is 43.8 Å². The fourth-order valence-corrected chi connectivity index (χ4v) is 3.44. The van der Waals surface area contributed by atoms with Crippen molar-refractivity contribution in [1.82, 2.24) is 9.88 Å². The fraction of sp³-hybridized carbons (Fsp3) is 0.647. The topological polar surface area (TPSA) is 52.4 Å². The van der Waals surface area contributed by atoms with E-state index in [0.29, 0.717) is 18.8 Å². The van der Waals surface area contributed by atoms with Crippen molar-refractivity contribution < 1.29 is 17.9 Å². The van der Waals surface area contributed by atoms with Crippen LogP contribution in [-0.4, -0.2) is 47.7 Å². The van der Waals surface area contributed by atoms with Crippen LogP contribution < -0.4 is 9.64 Å². The van der Waals surface area contributed by atoms with Crippen LogP contribution >= 0.6 is 0 Å². The molecule has 0 radical (unpaired) electrons. The van der Waals surface area contributed by atoms with Crippen LogP contribution in [0.4, 0.5) is 19.0 Å². The fourth-order valence-electron chi connectivity index (χ4n) is 3.44. The average molecular weight is 354 g/mol. The Bertz CT molecular complexity index is 706. The normalized spacial score (nSPS) is 21.6. The van der Waals surface area contributed by atoms with Gasteiger partial charge in [-0.3, -0.25) is 4.90 Å². The molecule has 3 heterocycles. The lowest BCUT2D eigenvalue weighted by Crippen LogP contribution is -2.58. The van der Waals surface area contributed by atoms with Gasteiger partial charge in [0.2, 0.25) is 0 Å². The number of nitrogens with zero attached hydrogens (tertiary/aromatic N) is 4. The number of hydrogen-bond acceptors (Lipinski definition) is 5. The number of pyridine rings is 1. The van der Waals surface area contributed by atoms with Crippen LogP contribution in [0.5, 0.6) is 5.75 Å². The zero-order chi connectivity index (χ0) is 18.4. The summed E-state index contributed by atoms with van der Waals surface area (Å²) in [4.78, 5) is 8.38. The van der Waals surface area contributed by atoms with E-state index in [0.717, 1.165) is 19.3 Å². The molecule has 0 bridgehead atoms. The number of nitriles is 1. The van der Waals surface area contributed by atoms with Gasteiger partial charge in [-0.15, -0.1) is 0 Å². The van der Waals surface area contributed by atoms with Gasteiger partial charge in [0.1, 0.15) is 11.6 Å². The van der Waals surface area contributed by atoms with Gasteiger partial charge in [-0.1, -0.05) is 0 Å². The van der Waals surface area contributed by atoms with E-state index in [2.05, 4.69) is 30.7 Å². The van der Waals surface area contributed by atoms with E-state index in [1.54, 1.807) is 6.07 Å². The molecule has 136 valence electrons. The van der Waals surface area contributed by atoms with Crippen molar-refractivity contribution in [2.24, 2.45) is 0 Å². The first-order chi connectivity index (χ1) is 11.6. The Labute approximate surface area is 145 Å². The second-order valence-electron chi connectivity index (χ2n) is 7.41. The number of aromatic nitrogens is 1. The van der Waals surface area contributed by atoms with Crippen molar-refractivity contribution in [2.45, 2.75) is 44.9 Å². The minimum Gasteiger partial charge on any atom is -0.488 e. The third kappa shape index (κ3) is 3.25. The summed E-state index contributed by atoms with van der Waals surface area (Å²) in [5.74, 6) is 0.310. The van der Waals surface area contributed by atoms with Crippen molar-refractivity contribution in [3.63, 3.8) is 0 Å². The molecular formula is C17H21F3N4O. The Morgan fingerprint density at radius 2 is 2.00 bits per heavy atom. The molecule has 0 unspecified atom stereocenters. The van der Waals surface area contributed by atoms with Crippen LogP contribution in [0.25, 0.3) is 0 Å². The molecule has 0 aliphatic carbocycles. The van der Waals surface area contributed by atoms with E-state index >= 15 is 0 Å². The Hall–Kier alpha value is -2.01. The molecule has 8 heteroatoms. The molecule has 0 amide bonds. The Kier molecular flexibility index (Phi) is 4.31. The number of alkyl halides is 3. The maximum absolute atomic E-state index is 13.2. The van der Waals surface area contributed by atoms with E-state index in [-0.39, 0.29) is 23.9 Å². The van der Waals surface area contributed by atoms with Crippen LogP contribution in [0, 0.1) is 11.3 Å². The number of hydrogen-bond donors (Lipinski definition) is 0. The Balaban J connectivity index is 2.00. The van der Waals surface area contributed by atoms with Crippen LogP contribution in [-0.2, 0) is 6.18 Å². The van der Waals surface area contributed by atoms with Crippen LogP contribution in [0.15, 0.2) is 6.20 Å². The van der Waals surface area contributed by atoms with Gasteiger partial charge in [-0.25, -0.2) is 4.98 Å². The van der Waals surface area contributed by atoms with Gasteiger partial charge < -0.3 is 9.64 Å². The quantitative estimate of drug-likeness (QED) is 0.717. The molecule has 2 aliphatic heterocycles. The molecule has 1 saturated heterocycles. The van der Waals surface area contributed by atoms with Crippen LogP contribution in [0.1, 0.15) is 38.3 Å². The number of anilines is 1. The summed E-state index contributed by atoms with van der Waals surface area (Å²) in [5.41, 5.74) is -1.50. The highest BCUT2D eigenvalue weighted by molar-refractivity contribution is 5.64. The van der Waals surface area contributed by atoms with Gasteiger partial charge >= 0.3 is 6.18 Å². The number of piperazine rings is 1. The minimum absolute atomic E-state index is 0.0213. The number of ether oxygens (including phenoxy) is 1. The number of fused-ring (bicyclic) bond motifs is 3. The van der Waals surface area contributed by atoms with Crippen molar-refractivity contribution in [2.75, 3.05) is 31.1 Å². The first-order valence-corrected chi connectivity index (χ1v) is 8.27. The third-order valence-corrected chi connectivity index (χ3v) is 4.83. The highest BCUT2D eigenvalue weighted by Crippen LogP contribution is 2.42. The number of rotatable bonds is 0. The predicted octanol–water partition coefficient (Wildman–Crippen LogP) is 3.04. The first kappa shape index (κ1) is 17.8. The molecule has 1 aromatic rings. The molecule has 1 fully saturated rings. The average Bonchev–Trinajstić information content (AvgIpc) is 2.70. The van der Waals surface area contributed by atoms with Crippen molar-refractivity contribution in [3.05, 3.63) is 17.3 Å². The van der Waals surface area contributed by atoms with E-state index < -0.39 is 17.3 Å². The molecule has 0 N–H and O–H groups in total. The molecule has 0 aromatic carbocycles. The van der Waals surface area contributed by atoms with Crippen molar-refractivity contribution in [1.29, 1.82) is 5.26 Å². The molecule has 5 nitrogen and oxygen atoms in total. The smallest absolute Gasteiger partial charge is 0.419 e. The second kappa shape index (κ2) is 6.06.